The summed E-state index contributed by atoms with van der Waals surface area (Å²) in [6.07, 6.45) is 2.84. The molecule has 0 fully saturated rings. The van der Waals surface area contributed by atoms with E-state index >= 15 is 0 Å². The van der Waals surface area contributed by atoms with Crippen molar-refractivity contribution in [3.05, 3.63) is 12.4 Å². The van der Waals surface area contributed by atoms with Gasteiger partial charge >= 0.3 is 6.09 Å². The van der Waals surface area contributed by atoms with Crippen molar-refractivity contribution < 1.29 is 9.53 Å². The van der Waals surface area contributed by atoms with Gasteiger partial charge < -0.3 is 4.74 Å². The number of carbonyl (C=O) groups is 1. The third-order valence-corrected chi connectivity index (χ3v) is 1.32. The monoisotopic (exact) mass is 195 g/mol. The molecule has 1 heterocycles. The summed E-state index contributed by atoms with van der Waals surface area (Å²) >= 11 is 0. The number of carbonyl (C=O) groups excluding carboxylic acids is 1. The average Bonchev–Trinajstić information content (AvgIpc) is 2.30. The summed E-state index contributed by atoms with van der Waals surface area (Å²) in [6.45, 7) is 5.42. The third kappa shape index (κ3) is 3.51. The van der Waals surface area contributed by atoms with E-state index in [2.05, 4.69) is 10.5 Å². The predicted molar refractivity (Wildman–Crippen MR) is 56.0 cm³/mol. The molecule has 0 spiro atoms. The topological polar surface area (TPSA) is 56.2 Å². The van der Waals surface area contributed by atoms with Gasteiger partial charge in [0.05, 0.1) is 0 Å². The van der Waals surface area contributed by atoms with Crippen molar-refractivity contribution >= 4 is 19.4 Å². The highest BCUT2D eigenvalue weighted by Gasteiger charge is 2.16. The maximum atomic E-state index is 11.2. The van der Waals surface area contributed by atoms with Gasteiger partial charge in [0, 0.05) is 12.4 Å². The van der Waals surface area contributed by atoms with Gasteiger partial charge in [0.1, 0.15) is 13.4 Å². The molecule has 0 saturated carbocycles. The van der Waals surface area contributed by atoms with Crippen LogP contribution >= 0.6 is 0 Å². The van der Waals surface area contributed by atoms with Crippen LogP contribution in [-0.2, 0) is 4.74 Å². The Morgan fingerprint density at radius 1 is 1.64 bits per heavy atom. The lowest BCUT2D eigenvalue weighted by molar-refractivity contribution is 0.0609. The van der Waals surface area contributed by atoms with Crippen LogP contribution < -0.4 is 10.9 Å². The number of nitrogens with zero attached hydrogens (tertiary/aromatic N) is 2. The van der Waals surface area contributed by atoms with Crippen LogP contribution in [0, 0.1) is 0 Å². The second-order valence-corrected chi connectivity index (χ2v) is 4.08. The minimum absolute atomic E-state index is 0.494. The fraction of sp³-hybridized carbons (Fsp3) is 0.500. The molecule has 0 radical (unpaired) electrons. The first-order chi connectivity index (χ1) is 6.37. The second kappa shape index (κ2) is 3.73. The van der Waals surface area contributed by atoms with Crippen LogP contribution in [0.1, 0.15) is 20.8 Å². The quantitative estimate of drug-likeness (QED) is 0.621. The first-order valence-corrected chi connectivity index (χ1v) is 4.38. The second-order valence-electron chi connectivity index (χ2n) is 4.08. The van der Waals surface area contributed by atoms with Gasteiger partial charge in [-0.05, 0) is 26.2 Å². The highest BCUT2D eigenvalue weighted by atomic mass is 16.6. The summed E-state index contributed by atoms with van der Waals surface area (Å²) in [5, 5.41) is 3.89. The summed E-state index contributed by atoms with van der Waals surface area (Å²) in [5.74, 6) is 0. The molecule has 0 aliphatic rings. The van der Waals surface area contributed by atoms with Crippen LogP contribution in [0.25, 0.3) is 0 Å². The Balaban J connectivity index is 2.50. The van der Waals surface area contributed by atoms with Gasteiger partial charge in [-0.15, -0.1) is 0 Å². The molecule has 5 nitrogen and oxygen atoms in total. The van der Waals surface area contributed by atoms with Gasteiger partial charge in [0.2, 0.25) is 0 Å². The Morgan fingerprint density at radius 2 is 2.29 bits per heavy atom. The van der Waals surface area contributed by atoms with E-state index in [0.29, 0.717) is 0 Å². The lowest BCUT2D eigenvalue weighted by Gasteiger charge is -2.19. The van der Waals surface area contributed by atoms with E-state index < -0.39 is 11.7 Å². The van der Waals surface area contributed by atoms with Gasteiger partial charge in [-0.3, -0.25) is 0 Å². The molecule has 6 heteroatoms. The molecule has 1 amide bonds. The minimum atomic E-state index is -0.513. The summed E-state index contributed by atoms with van der Waals surface area (Å²) in [5.41, 5.74) is 2.94. The predicted octanol–water partition coefficient (Wildman–Crippen LogP) is -0.380. The molecule has 1 N–H and O–H groups in total. The van der Waals surface area contributed by atoms with Crippen LogP contribution in [0.2, 0.25) is 0 Å². The van der Waals surface area contributed by atoms with Crippen molar-refractivity contribution in [1.29, 1.82) is 0 Å². The first kappa shape index (κ1) is 10.6. The van der Waals surface area contributed by atoms with E-state index in [1.807, 2.05) is 7.85 Å². The van der Waals surface area contributed by atoms with E-state index in [9.17, 15) is 4.79 Å². The molecular weight excluding hydrogens is 181 g/mol. The maximum Gasteiger partial charge on any atom is 0.428 e. The molecule has 0 bridgehead atoms. The zero-order valence-electron chi connectivity index (χ0n) is 8.87. The highest BCUT2D eigenvalue weighted by Crippen LogP contribution is 2.06. The summed E-state index contributed by atoms with van der Waals surface area (Å²) < 4.78 is 5.04. The van der Waals surface area contributed by atoms with Crippen molar-refractivity contribution in [2.24, 2.45) is 0 Å². The number of hydrogen-bond donors (Lipinski definition) is 1. The number of rotatable bonds is 1. The molecule has 0 aliphatic carbocycles. The first-order valence-electron chi connectivity index (χ1n) is 4.38. The molecular formula is C8H14BN3O2. The third-order valence-electron chi connectivity index (χ3n) is 1.32. The van der Waals surface area contributed by atoms with Gasteiger partial charge in [-0.1, -0.05) is 0 Å². The zero-order chi connectivity index (χ0) is 10.8. The summed E-state index contributed by atoms with van der Waals surface area (Å²) in [4.78, 5) is 12.6. The average molecular weight is 195 g/mol. The fourth-order valence-corrected chi connectivity index (χ4v) is 0.868. The van der Waals surface area contributed by atoms with Crippen molar-refractivity contribution in [2.45, 2.75) is 26.4 Å². The molecule has 0 saturated heterocycles. The van der Waals surface area contributed by atoms with E-state index in [1.54, 1.807) is 33.2 Å². The molecule has 14 heavy (non-hydrogen) atoms. The van der Waals surface area contributed by atoms with E-state index in [4.69, 9.17) is 4.74 Å². The smallest absolute Gasteiger partial charge is 0.428 e. The van der Waals surface area contributed by atoms with E-state index in [1.165, 1.54) is 4.79 Å². The Hall–Kier alpha value is -1.46. The number of hydrogen-bond acceptors (Lipinski definition) is 3. The molecule has 0 aromatic carbocycles. The van der Waals surface area contributed by atoms with Crippen LogP contribution in [0.4, 0.5) is 4.79 Å². The lowest BCUT2D eigenvalue weighted by Crippen LogP contribution is -2.31. The molecule has 1 rings (SSSR count). The van der Waals surface area contributed by atoms with Crippen molar-refractivity contribution in [2.75, 3.05) is 5.43 Å². The van der Waals surface area contributed by atoms with Gasteiger partial charge in [-0.2, -0.15) is 9.89 Å². The van der Waals surface area contributed by atoms with E-state index in [-0.39, 0.29) is 0 Å². The largest absolute Gasteiger partial charge is 0.443 e. The summed E-state index contributed by atoms with van der Waals surface area (Å²) in [7, 11) is 1.89. The molecule has 1 aromatic heterocycles. The van der Waals surface area contributed by atoms with Crippen molar-refractivity contribution in [3.63, 3.8) is 0 Å². The van der Waals surface area contributed by atoms with Gasteiger partial charge in [0.15, 0.2) is 0 Å². The Bertz CT molecular complexity index is 330. The van der Waals surface area contributed by atoms with Crippen molar-refractivity contribution in [1.82, 2.24) is 9.89 Å². The Labute approximate surface area is 83.8 Å². The SMILES string of the molecule is Bc1cnn(NC(=O)OC(C)(C)C)c1. The van der Waals surface area contributed by atoms with Gasteiger partial charge in [-0.25, -0.2) is 10.2 Å². The number of aromatic nitrogens is 2. The molecule has 0 atom stereocenters. The number of ether oxygens (including phenoxy) is 1. The number of nitrogens with one attached hydrogen (secondary N) is 1. The lowest BCUT2D eigenvalue weighted by atomic mass is 10.0. The summed E-state index contributed by atoms with van der Waals surface area (Å²) in [6, 6.07) is 0. The Kier molecular flexibility index (Phi) is 2.83. The number of amides is 1. The minimum Gasteiger partial charge on any atom is -0.443 e. The van der Waals surface area contributed by atoms with Crippen molar-refractivity contribution in [3.8, 4) is 0 Å². The van der Waals surface area contributed by atoms with Crippen LogP contribution in [0.5, 0.6) is 0 Å². The zero-order valence-corrected chi connectivity index (χ0v) is 8.87. The van der Waals surface area contributed by atoms with Gasteiger partial charge in [0.25, 0.3) is 0 Å². The maximum absolute atomic E-state index is 11.2. The van der Waals surface area contributed by atoms with Crippen LogP contribution in [0.3, 0.4) is 0 Å². The standard InChI is InChI=1S/C8H14BN3O2/c1-8(2,3)14-7(13)11-12-5-6(9)4-10-12/h4-5H,9H2,1-3H3,(H,11,13). The highest BCUT2D eigenvalue weighted by molar-refractivity contribution is 6.31. The van der Waals surface area contributed by atoms with Crippen LogP contribution in [0.15, 0.2) is 12.4 Å². The normalized spacial score (nSPS) is 11.1. The van der Waals surface area contributed by atoms with E-state index in [0.717, 1.165) is 5.46 Å². The molecule has 0 aliphatic heterocycles. The fourth-order valence-electron chi connectivity index (χ4n) is 0.868. The van der Waals surface area contributed by atoms with Crippen LogP contribution in [-0.4, -0.2) is 29.4 Å². The molecule has 1 aromatic rings. The Morgan fingerprint density at radius 3 is 2.71 bits per heavy atom. The molecule has 0 unspecified atom stereocenters. The molecule has 76 valence electrons.